The van der Waals surface area contributed by atoms with Gasteiger partial charge in [-0.2, -0.15) is 9.46 Å². The van der Waals surface area contributed by atoms with E-state index in [2.05, 4.69) is 31.4 Å². The van der Waals surface area contributed by atoms with Crippen molar-refractivity contribution in [2.45, 2.75) is 17.9 Å². The summed E-state index contributed by atoms with van der Waals surface area (Å²) >= 11 is 0. The van der Waals surface area contributed by atoms with Crippen LogP contribution in [0.3, 0.4) is 0 Å². The number of H-pyrrole nitrogens is 1. The molecule has 33 heavy (non-hydrogen) atoms. The fourth-order valence-corrected chi connectivity index (χ4v) is 5.37. The molecule has 1 aromatic carbocycles. The number of pyridine rings is 2. The van der Waals surface area contributed by atoms with Gasteiger partial charge in [-0.1, -0.05) is 12.1 Å². The number of hydrogen-bond acceptors (Lipinski definition) is 7. The first-order valence-corrected chi connectivity index (χ1v) is 12.5. The van der Waals surface area contributed by atoms with E-state index in [-0.39, 0.29) is 10.9 Å². The van der Waals surface area contributed by atoms with E-state index in [1.807, 2.05) is 12.1 Å². The van der Waals surface area contributed by atoms with E-state index in [1.165, 1.54) is 18.4 Å². The first kappa shape index (κ1) is 21.5. The van der Waals surface area contributed by atoms with E-state index < -0.39 is 15.5 Å². The number of ether oxygens (including phenoxy) is 1. The van der Waals surface area contributed by atoms with Gasteiger partial charge in [0.1, 0.15) is 22.8 Å². The Hall–Kier alpha value is -3.37. The monoisotopic (exact) mass is 466 g/mol. The van der Waals surface area contributed by atoms with Gasteiger partial charge in [0.25, 0.3) is 0 Å². The molecular formula is C23H23FN6O2S. The van der Waals surface area contributed by atoms with Gasteiger partial charge in [-0.15, -0.1) is 0 Å². The van der Waals surface area contributed by atoms with Crippen molar-refractivity contribution in [2.75, 3.05) is 30.9 Å². The fraction of sp³-hybridized carbons (Fsp3) is 0.261. The Balaban J connectivity index is 1.78. The largest absolute Gasteiger partial charge is 0.377 e. The number of aromatic nitrogens is 4. The Bertz CT molecular complexity index is 1430. The molecule has 1 aliphatic rings. The molecule has 5 rings (SSSR count). The van der Waals surface area contributed by atoms with Gasteiger partial charge in [0.2, 0.25) is 0 Å². The Kier molecular flexibility index (Phi) is 5.55. The molecule has 1 saturated heterocycles. The van der Waals surface area contributed by atoms with Crippen molar-refractivity contribution in [3.63, 3.8) is 0 Å². The molecule has 0 spiro atoms. The van der Waals surface area contributed by atoms with Gasteiger partial charge >= 0.3 is 0 Å². The molecule has 8 nitrogen and oxygen atoms in total. The number of nitrogens with zero attached hydrogens (tertiary/aromatic N) is 5. The summed E-state index contributed by atoms with van der Waals surface area (Å²) in [5.74, 6) is 0.128. The van der Waals surface area contributed by atoms with Crippen molar-refractivity contribution >= 4 is 32.1 Å². The highest BCUT2D eigenvalue weighted by molar-refractivity contribution is 7.93. The molecule has 0 bridgehead atoms. The van der Waals surface area contributed by atoms with Crippen LogP contribution in [-0.4, -0.2) is 56.4 Å². The third kappa shape index (κ3) is 4.07. The van der Waals surface area contributed by atoms with Gasteiger partial charge < -0.3 is 9.64 Å². The second-order valence-electron chi connectivity index (χ2n) is 7.97. The summed E-state index contributed by atoms with van der Waals surface area (Å²) in [5.41, 5.74) is 2.38. The lowest BCUT2D eigenvalue weighted by molar-refractivity contribution is 0.0986. The number of hydrogen-bond donors (Lipinski definition) is 1. The van der Waals surface area contributed by atoms with Crippen LogP contribution in [-0.2, 0) is 14.5 Å². The highest BCUT2D eigenvalue weighted by Gasteiger charge is 2.23. The molecule has 1 unspecified atom stereocenters. The third-order valence-electron chi connectivity index (χ3n) is 5.63. The topological polar surface area (TPSA) is 96.4 Å². The highest BCUT2D eigenvalue weighted by Crippen LogP contribution is 2.36. The number of halogens is 1. The van der Waals surface area contributed by atoms with E-state index in [1.54, 1.807) is 30.6 Å². The molecule has 2 atom stereocenters. The normalized spacial score (nSPS) is 18.3. The zero-order valence-electron chi connectivity index (χ0n) is 18.2. The molecule has 10 heteroatoms. The lowest BCUT2D eigenvalue weighted by Crippen LogP contribution is -2.44. The molecule has 4 heterocycles. The van der Waals surface area contributed by atoms with E-state index >= 15 is 0 Å². The molecule has 1 fully saturated rings. The molecule has 4 aromatic rings. The first-order valence-electron chi connectivity index (χ1n) is 10.5. The molecule has 3 aromatic heterocycles. The van der Waals surface area contributed by atoms with Gasteiger partial charge in [0, 0.05) is 36.6 Å². The van der Waals surface area contributed by atoms with E-state index in [0.29, 0.717) is 53.6 Å². The maximum atomic E-state index is 14.5. The lowest BCUT2D eigenvalue weighted by Gasteiger charge is -2.34. The highest BCUT2D eigenvalue weighted by atomic mass is 32.2. The molecule has 0 amide bonds. The number of rotatable bonds is 4. The van der Waals surface area contributed by atoms with Crippen molar-refractivity contribution in [3.05, 3.63) is 60.7 Å². The quantitative estimate of drug-likeness (QED) is 0.485. The van der Waals surface area contributed by atoms with Crippen LogP contribution in [0.4, 0.5) is 15.9 Å². The molecule has 0 saturated carbocycles. The zero-order valence-corrected chi connectivity index (χ0v) is 19.1. The van der Waals surface area contributed by atoms with Crippen LogP contribution >= 0.6 is 0 Å². The maximum Gasteiger partial charge on any atom is 0.140 e. The van der Waals surface area contributed by atoms with Crippen LogP contribution in [0.25, 0.3) is 22.3 Å². The predicted molar refractivity (Wildman–Crippen MR) is 126 cm³/mol. The van der Waals surface area contributed by atoms with Gasteiger partial charge in [-0.3, -0.25) is 10.1 Å². The maximum absolute atomic E-state index is 14.5. The lowest BCUT2D eigenvalue weighted by atomic mass is 10.1. The number of anilines is 1. The van der Waals surface area contributed by atoms with E-state index in [4.69, 9.17) is 9.72 Å². The number of fused-ring (bicyclic) bond motifs is 1. The summed E-state index contributed by atoms with van der Waals surface area (Å²) in [5, 5.41) is 7.63. The first-order chi connectivity index (χ1) is 15.9. The minimum Gasteiger partial charge on any atom is -0.377 e. The smallest absolute Gasteiger partial charge is 0.140 e. The minimum atomic E-state index is -3.07. The molecule has 0 aliphatic carbocycles. The van der Waals surface area contributed by atoms with Crippen LogP contribution in [0.2, 0.25) is 0 Å². The Morgan fingerprint density at radius 1 is 1.24 bits per heavy atom. The Morgan fingerprint density at radius 2 is 2.09 bits per heavy atom. The average Bonchev–Trinajstić information content (AvgIpc) is 3.34. The van der Waals surface area contributed by atoms with Gasteiger partial charge in [-0.05, 0) is 31.2 Å². The fourth-order valence-electron chi connectivity index (χ4n) is 3.98. The summed E-state index contributed by atoms with van der Waals surface area (Å²) in [6.45, 7) is 3.87. The number of aromatic amines is 1. The Morgan fingerprint density at radius 3 is 2.85 bits per heavy atom. The van der Waals surface area contributed by atoms with Crippen molar-refractivity contribution in [3.8, 4) is 11.4 Å². The molecule has 170 valence electrons. The minimum absolute atomic E-state index is 0.0686. The SMILES string of the molecule is C[C@H]1COCCN1c1cc(N=S(C)(=O)c2ccccc2F)c2ccnc(-c3ccn[nH]3)c2n1. The van der Waals surface area contributed by atoms with Crippen LogP contribution in [0, 0.1) is 5.82 Å². The van der Waals surface area contributed by atoms with Gasteiger partial charge in [0.15, 0.2) is 0 Å². The molecule has 0 radical (unpaired) electrons. The summed E-state index contributed by atoms with van der Waals surface area (Å²) in [4.78, 5) is 11.6. The average molecular weight is 467 g/mol. The second kappa shape index (κ2) is 8.53. The number of benzene rings is 1. The predicted octanol–water partition coefficient (Wildman–Crippen LogP) is 4.17. The standard InChI is InChI=1S/C23H23FN6O2S/c1-15-14-32-12-11-30(15)21-13-19(29-33(2,31)20-6-4-3-5-17(20)24)16-7-9-25-23(22(16)27-21)18-8-10-26-28-18/h3-10,13,15H,11-12,14H2,1-2H3,(H,26,28)/t15-,33?/m0/s1. The Labute approximate surface area is 191 Å². The van der Waals surface area contributed by atoms with Crippen molar-refractivity contribution < 1.29 is 13.3 Å². The summed E-state index contributed by atoms with van der Waals surface area (Å²) in [7, 11) is -3.07. The van der Waals surface area contributed by atoms with Crippen LogP contribution in [0.5, 0.6) is 0 Å². The van der Waals surface area contributed by atoms with Crippen molar-refractivity contribution in [1.29, 1.82) is 0 Å². The molecular weight excluding hydrogens is 443 g/mol. The van der Waals surface area contributed by atoms with Gasteiger partial charge in [0.05, 0.1) is 45.3 Å². The third-order valence-corrected chi connectivity index (χ3v) is 7.32. The van der Waals surface area contributed by atoms with Crippen molar-refractivity contribution in [2.24, 2.45) is 4.36 Å². The van der Waals surface area contributed by atoms with E-state index in [0.717, 1.165) is 0 Å². The summed E-state index contributed by atoms with van der Waals surface area (Å²) in [6, 6.07) is 11.5. The summed E-state index contributed by atoms with van der Waals surface area (Å²) < 4.78 is 38.2. The number of nitrogens with one attached hydrogen (secondary N) is 1. The number of morpholine rings is 1. The second-order valence-corrected chi connectivity index (χ2v) is 10.2. The van der Waals surface area contributed by atoms with Crippen LogP contribution in [0.1, 0.15) is 6.92 Å². The van der Waals surface area contributed by atoms with Gasteiger partial charge in [-0.25, -0.2) is 13.6 Å². The van der Waals surface area contributed by atoms with E-state index in [9.17, 15) is 8.60 Å². The van der Waals surface area contributed by atoms with Crippen LogP contribution in [0.15, 0.2) is 64.1 Å². The molecule has 1 aliphatic heterocycles. The molecule has 1 N–H and O–H groups in total. The van der Waals surface area contributed by atoms with Crippen molar-refractivity contribution in [1.82, 2.24) is 20.2 Å². The van der Waals surface area contributed by atoms with Crippen LogP contribution < -0.4 is 4.90 Å². The summed E-state index contributed by atoms with van der Waals surface area (Å²) in [6.07, 6.45) is 4.74. The zero-order chi connectivity index (χ0) is 23.0.